The van der Waals surface area contributed by atoms with Gasteiger partial charge in [-0.1, -0.05) is 24.3 Å². The molecule has 0 spiro atoms. The maximum Gasteiger partial charge on any atom is 0.315 e. The van der Waals surface area contributed by atoms with E-state index in [1.807, 2.05) is 24.3 Å². The molecule has 0 aliphatic heterocycles. The third kappa shape index (κ3) is 2.69. The minimum atomic E-state index is -0.837. The molecule has 1 aromatic rings. The maximum absolute atomic E-state index is 12.0. The van der Waals surface area contributed by atoms with Gasteiger partial charge in [0.2, 0.25) is 0 Å². The second-order valence-electron chi connectivity index (χ2n) is 5.78. The molecule has 0 aliphatic rings. The van der Waals surface area contributed by atoms with Gasteiger partial charge in [0.15, 0.2) is 0 Å². The monoisotopic (exact) mass is 278 g/mol. The number of rotatable bonds is 4. The van der Waals surface area contributed by atoms with Gasteiger partial charge in [-0.25, -0.2) is 0 Å². The minimum absolute atomic E-state index is 0.342. The molecule has 0 saturated heterocycles. The Morgan fingerprint density at radius 1 is 0.800 bits per heavy atom. The predicted octanol–water partition coefficient (Wildman–Crippen LogP) is 2.59. The van der Waals surface area contributed by atoms with Crippen LogP contribution < -0.4 is 0 Å². The van der Waals surface area contributed by atoms with E-state index in [1.54, 1.807) is 27.7 Å². The van der Waals surface area contributed by atoms with E-state index in [4.69, 9.17) is 9.47 Å². The molecule has 0 bridgehead atoms. The fourth-order valence-corrected chi connectivity index (χ4v) is 2.30. The summed E-state index contributed by atoms with van der Waals surface area (Å²) >= 11 is 0. The standard InChI is InChI=1S/C16H22O4/c1-15(2,13(17)19-5)11-9-7-8-10-12(11)16(3,4)14(18)20-6/h7-10H,1-6H3. The molecule has 0 amide bonds. The van der Waals surface area contributed by atoms with Gasteiger partial charge < -0.3 is 9.47 Å². The summed E-state index contributed by atoms with van der Waals surface area (Å²) in [4.78, 5) is 24.0. The lowest BCUT2D eigenvalue weighted by Gasteiger charge is -2.31. The van der Waals surface area contributed by atoms with Crippen LogP contribution in [-0.4, -0.2) is 26.2 Å². The Bertz CT molecular complexity index is 468. The molecule has 0 atom stereocenters. The number of carbonyl (C=O) groups excluding carboxylic acids is 2. The van der Waals surface area contributed by atoms with Crippen LogP contribution in [-0.2, 0) is 29.9 Å². The molecule has 0 aliphatic carbocycles. The van der Waals surface area contributed by atoms with E-state index >= 15 is 0 Å². The van der Waals surface area contributed by atoms with E-state index < -0.39 is 10.8 Å². The molecule has 110 valence electrons. The molecule has 1 aromatic carbocycles. The molecule has 4 nitrogen and oxygen atoms in total. The quantitative estimate of drug-likeness (QED) is 0.794. The molecule has 0 fully saturated rings. The highest BCUT2D eigenvalue weighted by Gasteiger charge is 2.39. The van der Waals surface area contributed by atoms with E-state index in [9.17, 15) is 9.59 Å². The number of hydrogen-bond acceptors (Lipinski definition) is 4. The molecule has 0 saturated carbocycles. The lowest BCUT2D eigenvalue weighted by atomic mass is 9.73. The van der Waals surface area contributed by atoms with Crippen molar-refractivity contribution in [1.29, 1.82) is 0 Å². The van der Waals surface area contributed by atoms with Crippen LogP contribution in [0.4, 0.5) is 0 Å². The van der Waals surface area contributed by atoms with E-state index in [0.717, 1.165) is 11.1 Å². The largest absolute Gasteiger partial charge is 0.468 e. The zero-order chi connectivity index (χ0) is 15.6. The molecule has 0 heterocycles. The van der Waals surface area contributed by atoms with Crippen LogP contribution in [0.15, 0.2) is 24.3 Å². The van der Waals surface area contributed by atoms with E-state index in [-0.39, 0.29) is 11.9 Å². The average Bonchev–Trinajstić information content (AvgIpc) is 2.45. The van der Waals surface area contributed by atoms with Gasteiger partial charge in [-0.3, -0.25) is 9.59 Å². The van der Waals surface area contributed by atoms with Crippen molar-refractivity contribution in [2.24, 2.45) is 0 Å². The van der Waals surface area contributed by atoms with E-state index in [1.165, 1.54) is 14.2 Å². The third-order valence-electron chi connectivity index (χ3n) is 3.67. The minimum Gasteiger partial charge on any atom is -0.468 e. The summed E-state index contributed by atoms with van der Waals surface area (Å²) in [6, 6.07) is 7.38. The fourth-order valence-electron chi connectivity index (χ4n) is 2.30. The van der Waals surface area contributed by atoms with Gasteiger partial charge >= 0.3 is 11.9 Å². The van der Waals surface area contributed by atoms with Crippen LogP contribution in [0.5, 0.6) is 0 Å². The van der Waals surface area contributed by atoms with Crippen molar-refractivity contribution in [2.45, 2.75) is 38.5 Å². The zero-order valence-corrected chi connectivity index (χ0v) is 12.9. The van der Waals surface area contributed by atoms with Crippen LogP contribution >= 0.6 is 0 Å². The average molecular weight is 278 g/mol. The first-order valence-corrected chi connectivity index (χ1v) is 6.46. The summed E-state index contributed by atoms with van der Waals surface area (Å²) in [5, 5.41) is 0. The van der Waals surface area contributed by atoms with Gasteiger partial charge in [0.05, 0.1) is 25.0 Å². The van der Waals surface area contributed by atoms with Gasteiger partial charge in [-0.05, 0) is 38.8 Å². The number of methoxy groups -OCH3 is 2. The molecular formula is C16H22O4. The molecule has 20 heavy (non-hydrogen) atoms. The first kappa shape index (κ1) is 16.2. The summed E-state index contributed by atoms with van der Waals surface area (Å²) in [5.41, 5.74) is -0.141. The Labute approximate surface area is 120 Å². The second kappa shape index (κ2) is 5.65. The van der Waals surface area contributed by atoms with Gasteiger partial charge in [0, 0.05) is 0 Å². The molecule has 0 unspecified atom stereocenters. The van der Waals surface area contributed by atoms with Crippen molar-refractivity contribution in [1.82, 2.24) is 0 Å². The summed E-state index contributed by atoms with van der Waals surface area (Å²) in [6.07, 6.45) is 0. The highest BCUT2D eigenvalue weighted by molar-refractivity contribution is 5.86. The Morgan fingerprint density at radius 2 is 1.10 bits per heavy atom. The summed E-state index contributed by atoms with van der Waals surface area (Å²) < 4.78 is 9.74. The smallest absolute Gasteiger partial charge is 0.315 e. The number of benzene rings is 1. The fraction of sp³-hybridized carbons (Fsp3) is 0.500. The van der Waals surface area contributed by atoms with Crippen molar-refractivity contribution in [3.8, 4) is 0 Å². The number of ether oxygens (including phenoxy) is 2. The number of esters is 2. The SMILES string of the molecule is COC(=O)C(C)(C)c1ccccc1C(C)(C)C(=O)OC. The number of carbonyl (C=O) groups is 2. The van der Waals surface area contributed by atoms with Crippen LogP contribution in [0.3, 0.4) is 0 Å². The topological polar surface area (TPSA) is 52.6 Å². The Balaban J connectivity index is 3.46. The molecule has 0 N–H and O–H groups in total. The normalized spacial score (nSPS) is 11.9. The Kier molecular flexibility index (Phi) is 4.58. The van der Waals surface area contributed by atoms with Gasteiger partial charge in [0.1, 0.15) is 0 Å². The molecule has 1 rings (SSSR count). The van der Waals surface area contributed by atoms with Gasteiger partial charge in [-0.2, -0.15) is 0 Å². The van der Waals surface area contributed by atoms with E-state index in [0.29, 0.717) is 0 Å². The highest BCUT2D eigenvalue weighted by atomic mass is 16.5. The Morgan fingerprint density at radius 3 is 1.35 bits per heavy atom. The molecular weight excluding hydrogens is 256 g/mol. The van der Waals surface area contributed by atoms with Crippen molar-refractivity contribution in [2.75, 3.05) is 14.2 Å². The van der Waals surface area contributed by atoms with Crippen LogP contribution in [0.25, 0.3) is 0 Å². The summed E-state index contributed by atoms with van der Waals surface area (Å²) in [7, 11) is 2.72. The van der Waals surface area contributed by atoms with E-state index in [2.05, 4.69) is 0 Å². The highest BCUT2D eigenvalue weighted by Crippen LogP contribution is 2.35. The molecule has 4 heteroatoms. The molecule has 0 aromatic heterocycles. The van der Waals surface area contributed by atoms with Crippen molar-refractivity contribution >= 4 is 11.9 Å². The first-order chi connectivity index (χ1) is 9.19. The van der Waals surface area contributed by atoms with Gasteiger partial charge in [0.25, 0.3) is 0 Å². The Hall–Kier alpha value is -1.84. The van der Waals surface area contributed by atoms with Crippen molar-refractivity contribution in [3.05, 3.63) is 35.4 Å². The summed E-state index contributed by atoms with van der Waals surface area (Å²) in [6.45, 7) is 7.13. The zero-order valence-electron chi connectivity index (χ0n) is 12.9. The maximum atomic E-state index is 12.0. The van der Waals surface area contributed by atoms with Crippen LogP contribution in [0.2, 0.25) is 0 Å². The van der Waals surface area contributed by atoms with Crippen molar-refractivity contribution in [3.63, 3.8) is 0 Å². The van der Waals surface area contributed by atoms with Gasteiger partial charge in [-0.15, -0.1) is 0 Å². The predicted molar refractivity (Wildman–Crippen MR) is 76.5 cm³/mol. The second-order valence-corrected chi connectivity index (χ2v) is 5.78. The number of hydrogen-bond donors (Lipinski definition) is 0. The first-order valence-electron chi connectivity index (χ1n) is 6.46. The lowest BCUT2D eigenvalue weighted by molar-refractivity contribution is -0.148. The van der Waals surface area contributed by atoms with Crippen molar-refractivity contribution < 1.29 is 19.1 Å². The third-order valence-corrected chi connectivity index (χ3v) is 3.67. The summed E-state index contributed by atoms with van der Waals surface area (Å²) in [5.74, 6) is -0.684. The lowest BCUT2D eigenvalue weighted by Crippen LogP contribution is -2.37. The molecule has 0 radical (unpaired) electrons. The van der Waals surface area contributed by atoms with Crippen LogP contribution in [0, 0.1) is 0 Å². The van der Waals surface area contributed by atoms with Crippen LogP contribution in [0.1, 0.15) is 38.8 Å².